The zero-order valence-corrected chi connectivity index (χ0v) is 16.3. The minimum Gasteiger partial charge on any atom is -0.497 e. The Morgan fingerprint density at radius 1 is 0.967 bits per heavy atom. The Bertz CT molecular complexity index is 1180. The largest absolute Gasteiger partial charge is 0.497 e. The number of methoxy groups -OCH3 is 1. The normalized spacial score (nSPS) is 10.7. The molecule has 7 nitrogen and oxygen atoms in total. The zero-order chi connectivity index (χ0) is 21.1. The maximum absolute atomic E-state index is 12.7. The van der Waals surface area contributed by atoms with Crippen molar-refractivity contribution in [2.75, 3.05) is 13.7 Å². The van der Waals surface area contributed by atoms with Crippen LogP contribution in [0.1, 0.15) is 27.8 Å². The molecule has 0 fully saturated rings. The van der Waals surface area contributed by atoms with E-state index in [-0.39, 0.29) is 23.7 Å². The van der Waals surface area contributed by atoms with Gasteiger partial charge in [0.15, 0.2) is 0 Å². The van der Waals surface area contributed by atoms with Gasteiger partial charge in [-0.3, -0.25) is 0 Å². The second kappa shape index (κ2) is 8.16. The molecule has 4 rings (SSSR count). The van der Waals surface area contributed by atoms with Gasteiger partial charge in [0.05, 0.1) is 20.0 Å². The first kappa shape index (κ1) is 19.3. The molecular weight excluding hydrogens is 388 g/mol. The third-order valence-electron chi connectivity index (χ3n) is 4.42. The fraction of sp³-hybridized carbons (Fsp3) is 0.130. The van der Waals surface area contributed by atoms with Crippen molar-refractivity contribution in [3.63, 3.8) is 0 Å². The summed E-state index contributed by atoms with van der Waals surface area (Å²) in [5.74, 6) is 0.191. The van der Waals surface area contributed by atoms with Crippen LogP contribution in [0.3, 0.4) is 0 Å². The second-order valence-corrected chi connectivity index (χ2v) is 6.28. The fourth-order valence-corrected chi connectivity index (χ4v) is 3.04. The lowest BCUT2D eigenvalue weighted by molar-refractivity contribution is 0.0528. The van der Waals surface area contributed by atoms with Crippen LogP contribution in [0.5, 0.6) is 11.5 Å². The Labute approximate surface area is 171 Å². The van der Waals surface area contributed by atoms with E-state index in [2.05, 4.69) is 0 Å². The summed E-state index contributed by atoms with van der Waals surface area (Å²) in [5, 5.41) is 0.476. The summed E-state index contributed by atoms with van der Waals surface area (Å²) >= 11 is 0. The molecule has 0 amide bonds. The number of ether oxygens (including phenoxy) is 3. The van der Waals surface area contributed by atoms with Gasteiger partial charge >= 0.3 is 11.9 Å². The summed E-state index contributed by atoms with van der Waals surface area (Å²) in [7, 11) is 1.58. The first-order chi connectivity index (χ1) is 14.6. The van der Waals surface area contributed by atoms with Crippen LogP contribution >= 0.6 is 0 Å². The van der Waals surface area contributed by atoms with E-state index in [1.165, 1.54) is 12.3 Å². The molecule has 152 valence electrons. The molecule has 0 bridgehead atoms. The minimum atomic E-state index is -0.643. The number of esters is 2. The van der Waals surface area contributed by atoms with E-state index in [0.29, 0.717) is 28.0 Å². The van der Waals surface area contributed by atoms with Gasteiger partial charge in [0.2, 0.25) is 5.76 Å². The maximum atomic E-state index is 12.7. The topological polar surface area (TPSA) is 88.1 Å². The average molecular weight is 406 g/mol. The lowest BCUT2D eigenvalue weighted by Crippen LogP contribution is -2.07. The number of carbonyl (C=O) groups excluding carboxylic acids is 2. The Hall–Kier alpha value is -4.00. The molecule has 0 unspecified atom stereocenters. The summed E-state index contributed by atoms with van der Waals surface area (Å²) in [5.41, 5.74) is 1.40. The van der Waals surface area contributed by atoms with E-state index in [1.54, 1.807) is 62.6 Å². The van der Waals surface area contributed by atoms with Crippen LogP contribution in [-0.4, -0.2) is 25.7 Å². The molecule has 30 heavy (non-hydrogen) atoms. The first-order valence-corrected chi connectivity index (χ1v) is 9.24. The lowest BCUT2D eigenvalue weighted by atomic mass is 10.1. The van der Waals surface area contributed by atoms with E-state index in [4.69, 9.17) is 23.0 Å². The Balaban J connectivity index is 1.78. The molecule has 4 aromatic rings. The highest BCUT2D eigenvalue weighted by molar-refractivity contribution is 6.09. The molecule has 0 spiro atoms. The molecule has 2 heterocycles. The van der Waals surface area contributed by atoms with Crippen molar-refractivity contribution >= 4 is 22.9 Å². The Kier molecular flexibility index (Phi) is 5.26. The van der Waals surface area contributed by atoms with E-state index in [1.807, 2.05) is 0 Å². The Morgan fingerprint density at radius 3 is 2.40 bits per heavy atom. The molecule has 0 aliphatic rings. The van der Waals surface area contributed by atoms with Gasteiger partial charge in [-0.15, -0.1) is 0 Å². The van der Waals surface area contributed by atoms with Gasteiger partial charge in [-0.25, -0.2) is 9.59 Å². The highest BCUT2D eigenvalue weighted by atomic mass is 16.5. The van der Waals surface area contributed by atoms with Crippen LogP contribution in [0.2, 0.25) is 0 Å². The standard InChI is InChI=1S/C23H18O7/c1-3-27-23(25)20-17-13-16(29-22(24)19-5-4-12-28-19)10-11-18(17)30-21(20)14-6-8-15(26-2)9-7-14/h4-13H,3H2,1-2H3. The quantitative estimate of drug-likeness (QED) is 0.325. The molecule has 2 aromatic carbocycles. The number of hydrogen-bond donors (Lipinski definition) is 0. The van der Waals surface area contributed by atoms with Gasteiger partial charge in [0.25, 0.3) is 0 Å². The number of hydrogen-bond acceptors (Lipinski definition) is 7. The second-order valence-electron chi connectivity index (χ2n) is 6.28. The van der Waals surface area contributed by atoms with E-state index >= 15 is 0 Å². The third-order valence-corrected chi connectivity index (χ3v) is 4.42. The van der Waals surface area contributed by atoms with Crippen molar-refractivity contribution in [2.24, 2.45) is 0 Å². The zero-order valence-electron chi connectivity index (χ0n) is 16.3. The SMILES string of the molecule is CCOC(=O)c1c(-c2ccc(OC)cc2)oc2ccc(OC(=O)c3ccco3)cc12. The number of carbonyl (C=O) groups is 2. The van der Waals surface area contributed by atoms with Crippen LogP contribution in [0.15, 0.2) is 69.7 Å². The molecule has 0 aliphatic carbocycles. The van der Waals surface area contributed by atoms with Gasteiger partial charge in [-0.05, 0) is 61.5 Å². The summed E-state index contributed by atoms with van der Waals surface area (Å²) < 4.78 is 26.8. The number of benzene rings is 2. The summed E-state index contributed by atoms with van der Waals surface area (Å²) in [6.07, 6.45) is 1.38. The highest BCUT2D eigenvalue weighted by Crippen LogP contribution is 2.36. The van der Waals surface area contributed by atoms with Gasteiger partial charge in [0.1, 0.15) is 28.4 Å². The molecule has 0 N–H and O–H groups in total. The maximum Gasteiger partial charge on any atom is 0.379 e. The number of rotatable bonds is 6. The summed E-state index contributed by atoms with van der Waals surface area (Å²) in [6.45, 7) is 1.94. The van der Waals surface area contributed by atoms with Crippen molar-refractivity contribution < 1.29 is 32.6 Å². The summed E-state index contributed by atoms with van der Waals surface area (Å²) in [6, 6.07) is 15.0. The van der Waals surface area contributed by atoms with Gasteiger partial charge < -0.3 is 23.0 Å². The van der Waals surface area contributed by atoms with E-state index in [0.717, 1.165) is 0 Å². The molecular formula is C23H18O7. The molecule has 0 saturated carbocycles. The average Bonchev–Trinajstić information content (AvgIpc) is 3.42. The van der Waals surface area contributed by atoms with Gasteiger partial charge in [-0.2, -0.15) is 0 Å². The van der Waals surface area contributed by atoms with E-state index < -0.39 is 11.9 Å². The molecule has 2 aromatic heterocycles. The van der Waals surface area contributed by atoms with Gasteiger partial charge in [0, 0.05) is 10.9 Å². The molecule has 0 radical (unpaired) electrons. The van der Waals surface area contributed by atoms with Crippen LogP contribution in [-0.2, 0) is 4.74 Å². The summed E-state index contributed by atoms with van der Waals surface area (Å²) in [4.78, 5) is 24.9. The molecule has 0 saturated heterocycles. The fourth-order valence-electron chi connectivity index (χ4n) is 3.04. The molecule has 0 aliphatic heterocycles. The molecule has 0 atom stereocenters. The van der Waals surface area contributed by atoms with Crippen LogP contribution in [0.4, 0.5) is 0 Å². The predicted molar refractivity (Wildman–Crippen MR) is 108 cm³/mol. The highest BCUT2D eigenvalue weighted by Gasteiger charge is 2.24. The van der Waals surface area contributed by atoms with Crippen LogP contribution in [0.25, 0.3) is 22.3 Å². The smallest absolute Gasteiger partial charge is 0.379 e. The molecule has 7 heteroatoms. The first-order valence-electron chi connectivity index (χ1n) is 9.24. The van der Waals surface area contributed by atoms with Gasteiger partial charge in [-0.1, -0.05) is 0 Å². The van der Waals surface area contributed by atoms with Crippen LogP contribution in [0, 0.1) is 0 Å². The minimum absolute atomic E-state index is 0.0758. The monoisotopic (exact) mass is 406 g/mol. The van der Waals surface area contributed by atoms with Crippen LogP contribution < -0.4 is 9.47 Å². The van der Waals surface area contributed by atoms with E-state index in [9.17, 15) is 9.59 Å². The van der Waals surface area contributed by atoms with Crippen molar-refractivity contribution in [3.8, 4) is 22.8 Å². The Morgan fingerprint density at radius 2 is 1.73 bits per heavy atom. The predicted octanol–water partition coefficient (Wildman–Crippen LogP) is 5.10. The van der Waals surface area contributed by atoms with Crippen molar-refractivity contribution in [1.82, 2.24) is 0 Å². The lowest BCUT2D eigenvalue weighted by Gasteiger charge is -2.05. The number of furan rings is 2. The third kappa shape index (κ3) is 3.65. The van der Waals surface area contributed by atoms with Crippen molar-refractivity contribution in [3.05, 3.63) is 72.2 Å². The van der Waals surface area contributed by atoms with Crippen molar-refractivity contribution in [1.29, 1.82) is 0 Å². The van der Waals surface area contributed by atoms with Crippen molar-refractivity contribution in [2.45, 2.75) is 6.92 Å². The number of fused-ring (bicyclic) bond motifs is 1.